The molecule has 0 aromatic heterocycles. The number of para-hydroxylation sites is 2. The molecule has 0 aliphatic heterocycles. The van der Waals surface area contributed by atoms with Gasteiger partial charge in [0, 0.05) is 33.6 Å². The lowest BCUT2D eigenvalue weighted by atomic mass is 9.84. The molecule has 0 heterocycles. The lowest BCUT2D eigenvalue weighted by molar-refractivity contribution is 1.30. The minimum atomic E-state index is 1.04. The largest absolute Gasteiger partial charge is 0.355 e. The number of nitrogens with zero attached hydrogens (tertiary/aromatic N) is 1. The predicted octanol–water partition coefficient (Wildman–Crippen LogP) is 19.8. The van der Waals surface area contributed by atoms with Crippen LogP contribution in [0.3, 0.4) is 0 Å². The van der Waals surface area contributed by atoms with Crippen molar-refractivity contribution in [3.05, 3.63) is 285 Å². The Labute approximate surface area is 420 Å². The number of hydrogen-bond acceptors (Lipinski definition) is 2. The monoisotopic (exact) mass is 916 g/mol. The Hall–Kier alpha value is -9.50. The highest BCUT2D eigenvalue weighted by molar-refractivity contribution is 6.22. The highest BCUT2D eigenvalue weighted by Gasteiger charge is 2.24. The average molecular weight is 917 g/mol. The third-order valence-corrected chi connectivity index (χ3v) is 14.2. The van der Waals surface area contributed by atoms with E-state index in [1.54, 1.807) is 0 Å². The fraction of sp³-hybridized carbons (Fsp3) is 0. The van der Waals surface area contributed by atoms with Crippen molar-refractivity contribution in [3.63, 3.8) is 0 Å². The summed E-state index contributed by atoms with van der Waals surface area (Å²) < 4.78 is 0. The molecule has 13 rings (SSSR count). The zero-order chi connectivity index (χ0) is 47.8. The van der Waals surface area contributed by atoms with E-state index in [4.69, 9.17) is 0 Å². The second-order valence-corrected chi connectivity index (χ2v) is 18.4. The minimum Gasteiger partial charge on any atom is -0.355 e. The summed E-state index contributed by atoms with van der Waals surface area (Å²) in [6.07, 6.45) is 0. The second kappa shape index (κ2) is 18.4. The lowest BCUT2D eigenvalue weighted by Gasteiger charge is -2.30. The summed E-state index contributed by atoms with van der Waals surface area (Å²) in [6, 6.07) is 104. The maximum atomic E-state index is 3.80. The van der Waals surface area contributed by atoms with Gasteiger partial charge in [-0.05, 0) is 131 Å². The van der Waals surface area contributed by atoms with Gasteiger partial charge in [0.1, 0.15) is 0 Å². The number of nitrogens with one attached hydrogen (secondary N) is 1. The van der Waals surface area contributed by atoms with Crippen LogP contribution in [-0.2, 0) is 0 Å². The second-order valence-electron chi connectivity index (χ2n) is 18.4. The molecule has 0 unspecified atom stereocenters. The van der Waals surface area contributed by atoms with E-state index in [0.29, 0.717) is 0 Å². The maximum Gasteiger partial charge on any atom is 0.0546 e. The van der Waals surface area contributed by atoms with E-state index in [1.807, 2.05) is 0 Å². The van der Waals surface area contributed by atoms with Crippen LogP contribution in [-0.4, -0.2) is 0 Å². The SMILES string of the molecule is c1ccc(Nc2cccc(-c3ccccc3N(c3cccc(-c4ccc5c(c4)c(-c4ccccc4)c(-c4ccccc4)c4ccccc45)c3)c3cc4ccccc4c4ccccc34)c2-c2ccccc2)cc1. The summed E-state index contributed by atoms with van der Waals surface area (Å²) in [4.78, 5) is 2.50. The van der Waals surface area contributed by atoms with Gasteiger partial charge in [-0.2, -0.15) is 0 Å². The van der Waals surface area contributed by atoms with Gasteiger partial charge in [0.25, 0.3) is 0 Å². The fourth-order valence-corrected chi connectivity index (χ4v) is 11.0. The first-order valence-electron chi connectivity index (χ1n) is 24.8. The molecule has 0 aliphatic carbocycles. The van der Waals surface area contributed by atoms with E-state index in [0.717, 1.165) is 61.8 Å². The van der Waals surface area contributed by atoms with Gasteiger partial charge in [0.05, 0.1) is 11.4 Å². The van der Waals surface area contributed by atoms with Crippen LogP contribution in [0.4, 0.5) is 28.4 Å². The van der Waals surface area contributed by atoms with Crippen molar-refractivity contribution in [1.29, 1.82) is 0 Å². The van der Waals surface area contributed by atoms with Crippen molar-refractivity contribution in [3.8, 4) is 55.6 Å². The summed E-state index contributed by atoms with van der Waals surface area (Å²) in [7, 11) is 0. The van der Waals surface area contributed by atoms with Crippen LogP contribution in [0.15, 0.2) is 285 Å². The standard InChI is InChI=1S/C70H48N2/c1-5-23-48(24-6-1)68-63(40-22-41-65(68)71-54-31-11-4-12-32-54)61-38-19-20-42-66(61)72(67-47-53-29-13-14-34-56(53)57-35-15-17-37-60(57)67)55-33-21-30-51(45-55)52-43-44-59-58-36-16-18-39-62(58)69(49-25-7-2-8-26-49)70(64(59)46-52)50-27-9-3-10-28-50/h1-47,71H. The van der Waals surface area contributed by atoms with E-state index in [-0.39, 0.29) is 0 Å². The molecule has 0 bridgehead atoms. The summed E-state index contributed by atoms with van der Waals surface area (Å²) in [6.45, 7) is 0. The molecule has 13 aromatic carbocycles. The molecule has 0 atom stereocenters. The molecule has 0 spiro atoms. The van der Waals surface area contributed by atoms with Crippen LogP contribution in [0.1, 0.15) is 0 Å². The molecule has 338 valence electrons. The van der Waals surface area contributed by atoms with Crippen molar-refractivity contribution in [2.45, 2.75) is 0 Å². The van der Waals surface area contributed by atoms with Crippen molar-refractivity contribution in [2.75, 3.05) is 10.2 Å². The van der Waals surface area contributed by atoms with E-state index >= 15 is 0 Å². The summed E-state index contributed by atoms with van der Waals surface area (Å²) in [5, 5.41) is 13.6. The number of benzene rings is 13. The van der Waals surface area contributed by atoms with Gasteiger partial charge >= 0.3 is 0 Å². The Bertz CT molecular complexity index is 4110. The Morgan fingerprint density at radius 3 is 1.44 bits per heavy atom. The first-order valence-corrected chi connectivity index (χ1v) is 24.8. The van der Waals surface area contributed by atoms with Crippen molar-refractivity contribution in [2.24, 2.45) is 0 Å². The Morgan fingerprint density at radius 1 is 0.250 bits per heavy atom. The first kappa shape index (κ1) is 42.6. The molecular weight excluding hydrogens is 869 g/mol. The zero-order valence-electron chi connectivity index (χ0n) is 39.6. The molecular formula is C70H48N2. The molecule has 0 saturated carbocycles. The Morgan fingerprint density at radius 2 is 0.736 bits per heavy atom. The summed E-state index contributed by atoms with van der Waals surface area (Å²) in [5.74, 6) is 0. The van der Waals surface area contributed by atoms with E-state index in [1.165, 1.54) is 65.3 Å². The highest BCUT2D eigenvalue weighted by Crippen LogP contribution is 2.50. The van der Waals surface area contributed by atoms with Crippen molar-refractivity contribution >= 4 is 71.5 Å². The van der Waals surface area contributed by atoms with Gasteiger partial charge in [-0.15, -0.1) is 0 Å². The van der Waals surface area contributed by atoms with Gasteiger partial charge in [-0.1, -0.05) is 237 Å². The van der Waals surface area contributed by atoms with Gasteiger partial charge in [0.15, 0.2) is 0 Å². The highest BCUT2D eigenvalue weighted by atomic mass is 15.1. The molecule has 0 amide bonds. The molecule has 2 nitrogen and oxygen atoms in total. The topological polar surface area (TPSA) is 15.3 Å². The van der Waals surface area contributed by atoms with Crippen LogP contribution < -0.4 is 10.2 Å². The third-order valence-electron chi connectivity index (χ3n) is 14.2. The molecule has 0 fully saturated rings. The van der Waals surface area contributed by atoms with Gasteiger partial charge in [-0.3, -0.25) is 0 Å². The molecule has 2 heteroatoms. The molecule has 0 radical (unpaired) electrons. The van der Waals surface area contributed by atoms with Crippen LogP contribution in [0, 0.1) is 0 Å². The number of rotatable bonds is 10. The Kier molecular flexibility index (Phi) is 10.9. The van der Waals surface area contributed by atoms with Crippen molar-refractivity contribution < 1.29 is 0 Å². The smallest absolute Gasteiger partial charge is 0.0546 e. The molecule has 0 saturated heterocycles. The minimum absolute atomic E-state index is 1.04. The van der Waals surface area contributed by atoms with Crippen LogP contribution >= 0.6 is 0 Å². The summed E-state index contributed by atoms with van der Waals surface area (Å²) >= 11 is 0. The van der Waals surface area contributed by atoms with Gasteiger partial charge in [-0.25, -0.2) is 0 Å². The Balaban J connectivity index is 1.06. The quantitative estimate of drug-likeness (QED) is 0.138. The number of hydrogen-bond donors (Lipinski definition) is 1. The maximum absolute atomic E-state index is 3.80. The van der Waals surface area contributed by atoms with Gasteiger partial charge in [0.2, 0.25) is 0 Å². The van der Waals surface area contributed by atoms with Crippen LogP contribution in [0.5, 0.6) is 0 Å². The first-order chi connectivity index (χ1) is 35.7. The molecule has 72 heavy (non-hydrogen) atoms. The van der Waals surface area contributed by atoms with E-state index in [2.05, 4.69) is 295 Å². The van der Waals surface area contributed by atoms with Gasteiger partial charge < -0.3 is 10.2 Å². The normalized spacial score (nSPS) is 11.3. The summed E-state index contributed by atoms with van der Waals surface area (Å²) in [5.41, 5.74) is 17.0. The number of fused-ring (bicyclic) bond motifs is 6. The van der Waals surface area contributed by atoms with Crippen LogP contribution in [0.2, 0.25) is 0 Å². The van der Waals surface area contributed by atoms with E-state index in [9.17, 15) is 0 Å². The number of anilines is 5. The predicted molar refractivity (Wildman–Crippen MR) is 308 cm³/mol. The molecule has 1 N–H and O–H groups in total. The van der Waals surface area contributed by atoms with Crippen molar-refractivity contribution in [1.82, 2.24) is 0 Å². The fourth-order valence-electron chi connectivity index (χ4n) is 11.0. The molecule has 0 aliphatic rings. The van der Waals surface area contributed by atoms with Crippen LogP contribution in [0.25, 0.3) is 98.7 Å². The van der Waals surface area contributed by atoms with E-state index < -0.39 is 0 Å². The molecule has 13 aromatic rings. The zero-order valence-corrected chi connectivity index (χ0v) is 39.6. The lowest BCUT2D eigenvalue weighted by Crippen LogP contribution is -2.12. The third kappa shape index (κ3) is 7.63. The average Bonchev–Trinajstić information content (AvgIpc) is 3.46.